The van der Waals surface area contributed by atoms with Crippen molar-refractivity contribution < 1.29 is 4.74 Å². The molecule has 3 heterocycles. The molecule has 2 aromatic rings. The lowest BCUT2D eigenvalue weighted by Crippen LogP contribution is -2.33. The van der Waals surface area contributed by atoms with Crippen molar-refractivity contribution in [3.05, 3.63) is 29.7 Å². The Morgan fingerprint density at radius 3 is 3.25 bits per heavy atom. The topological polar surface area (TPSA) is 51.5 Å². The van der Waals surface area contributed by atoms with Gasteiger partial charge in [0.25, 0.3) is 0 Å². The summed E-state index contributed by atoms with van der Waals surface area (Å²) in [6, 6.07) is 4.01. The van der Waals surface area contributed by atoms with Crippen molar-refractivity contribution in [3.63, 3.8) is 0 Å². The molecular formula is C11H14N4O. The first-order valence-electron chi connectivity index (χ1n) is 5.48. The predicted molar refractivity (Wildman–Crippen MR) is 59.3 cm³/mol. The Morgan fingerprint density at radius 2 is 2.44 bits per heavy atom. The summed E-state index contributed by atoms with van der Waals surface area (Å²) >= 11 is 0. The molecule has 0 spiro atoms. The van der Waals surface area contributed by atoms with Gasteiger partial charge in [0.05, 0.1) is 6.61 Å². The van der Waals surface area contributed by atoms with Crippen LogP contribution in [0.25, 0.3) is 5.65 Å². The fraction of sp³-hybridized carbons (Fsp3) is 0.455. The maximum atomic E-state index is 5.62. The van der Waals surface area contributed by atoms with Crippen molar-refractivity contribution in [2.75, 3.05) is 19.7 Å². The van der Waals surface area contributed by atoms with Crippen molar-refractivity contribution in [3.8, 4) is 0 Å². The van der Waals surface area contributed by atoms with Crippen LogP contribution in [0.1, 0.15) is 17.5 Å². The molecule has 0 aliphatic carbocycles. The number of nitrogens with one attached hydrogen (secondary N) is 1. The van der Waals surface area contributed by atoms with Crippen LogP contribution in [0.15, 0.2) is 18.3 Å². The van der Waals surface area contributed by atoms with E-state index >= 15 is 0 Å². The number of nitrogens with zero attached hydrogens (tertiary/aromatic N) is 3. The van der Waals surface area contributed by atoms with E-state index in [4.69, 9.17) is 4.74 Å². The van der Waals surface area contributed by atoms with Crippen LogP contribution < -0.4 is 5.32 Å². The minimum absolute atomic E-state index is 0.0195. The Morgan fingerprint density at radius 1 is 1.50 bits per heavy atom. The molecule has 1 atom stereocenters. The van der Waals surface area contributed by atoms with Gasteiger partial charge in [-0.05, 0) is 18.6 Å². The second-order valence-corrected chi connectivity index (χ2v) is 4.04. The number of hydrogen-bond acceptors (Lipinski definition) is 4. The van der Waals surface area contributed by atoms with Gasteiger partial charge in [-0.1, -0.05) is 6.07 Å². The second-order valence-electron chi connectivity index (χ2n) is 4.04. The molecule has 3 rings (SSSR count). The van der Waals surface area contributed by atoms with Crippen LogP contribution >= 0.6 is 0 Å². The van der Waals surface area contributed by atoms with Gasteiger partial charge in [-0.3, -0.25) is 0 Å². The molecule has 0 aromatic carbocycles. The van der Waals surface area contributed by atoms with Crippen molar-refractivity contribution in [1.82, 2.24) is 19.9 Å². The Balaban J connectivity index is 1.97. The number of rotatable bonds is 1. The summed E-state index contributed by atoms with van der Waals surface area (Å²) in [4.78, 5) is 4.46. The third-order valence-corrected chi connectivity index (χ3v) is 2.71. The highest BCUT2D eigenvalue weighted by molar-refractivity contribution is 5.38. The number of aromatic nitrogens is 3. The molecule has 2 aromatic heterocycles. The average Bonchev–Trinajstić information content (AvgIpc) is 2.73. The molecule has 5 nitrogen and oxygen atoms in total. The molecule has 16 heavy (non-hydrogen) atoms. The van der Waals surface area contributed by atoms with Gasteiger partial charge in [0.15, 0.2) is 11.5 Å². The van der Waals surface area contributed by atoms with Crippen LogP contribution in [0, 0.1) is 6.92 Å². The molecule has 1 aliphatic rings. The average molecular weight is 218 g/mol. The number of fused-ring (bicyclic) bond motifs is 1. The molecular weight excluding hydrogens is 204 g/mol. The quantitative estimate of drug-likeness (QED) is 0.765. The number of ether oxygens (including phenoxy) is 1. The fourth-order valence-corrected chi connectivity index (χ4v) is 1.87. The summed E-state index contributed by atoms with van der Waals surface area (Å²) in [5, 5.41) is 7.71. The van der Waals surface area contributed by atoms with Crippen molar-refractivity contribution in [1.29, 1.82) is 0 Å². The standard InChI is InChI=1S/C11H14N4O/c1-8-2-3-10-13-11(14-15(10)7-8)9-6-12-4-5-16-9/h2-3,7,9,12H,4-6H2,1H3. The van der Waals surface area contributed by atoms with Crippen LogP contribution in [-0.2, 0) is 4.74 Å². The molecule has 1 aliphatic heterocycles. The Hall–Kier alpha value is -1.46. The van der Waals surface area contributed by atoms with Crippen molar-refractivity contribution in [2.45, 2.75) is 13.0 Å². The molecule has 0 saturated carbocycles. The largest absolute Gasteiger partial charge is 0.367 e. The van der Waals surface area contributed by atoms with E-state index < -0.39 is 0 Å². The first-order valence-corrected chi connectivity index (χ1v) is 5.48. The molecule has 1 N–H and O–H groups in total. The summed E-state index contributed by atoms with van der Waals surface area (Å²) < 4.78 is 7.43. The zero-order chi connectivity index (χ0) is 11.0. The molecule has 0 bridgehead atoms. The number of morpholine rings is 1. The van der Waals surface area contributed by atoms with Crippen molar-refractivity contribution in [2.24, 2.45) is 0 Å². The Labute approximate surface area is 93.4 Å². The zero-order valence-electron chi connectivity index (χ0n) is 9.18. The molecule has 84 valence electrons. The summed E-state index contributed by atoms with van der Waals surface area (Å²) in [5.74, 6) is 0.762. The Kier molecular flexibility index (Phi) is 2.34. The minimum Gasteiger partial charge on any atom is -0.367 e. The van der Waals surface area contributed by atoms with E-state index in [1.54, 1.807) is 0 Å². The molecule has 0 amide bonds. The van der Waals surface area contributed by atoms with Gasteiger partial charge >= 0.3 is 0 Å². The van der Waals surface area contributed by atoms with Gasteiger partial charge in [-0.25, -0.2) is 9.50 Å². The van der Waals surface area contributed by atoms with Gasteiger partial charge in [0, 0.05) is 19.3 Å². The second kappa shape index (κ2) is 3.84. The first-order chi connectivity index (χ1) is 7.83. The highest BCUT2D eigenvalue weighted by Crippen LogP contribution is 2.16. The maximum absolute atomic E-state index is 5.62. The first kappa shape index (κ1) is 9.74. The minimum atomic E-state index is -0.0195. The SMILES string of the molecule is Cc1ccc2nc(C3CNCCO3)nn2c1. The molecule has 5 heteroatoms. The highest BCUT2D eigenvalue weighted by Gasteiger charge is 2.20. The van der Waals surface area contributed by atoms with E-state index in [9.17, 15) is 0 Å². The smallest absolute Gasteiger partial charge is 0.181 e. The third kappa shape index (κ3) is 1.68. The summed E-state index contributed by atoms with van der Waals surface area (Å²) in [6.45, 7) is 4.46. The lowest BCUT2D eigenvalue weighted by Gasteiger charge is -2.20. The van der Waals surface area contributed by atoms with Gasteiger partial charge in [0.1, 0.15) is 6.10 Å². The normalized spacial score (nSPS) is 21.4. The number of pyridine rings is 1. The van der Waals surface area contributed by atoms with E-state index in [0.29, 0.717) is 0 Å². The molecule has 1 fully saturated rings. The summed E-state index contributed by atoms with van der Waals surface area (Å²) in [6.07, 6.45) is 1.95. The van der Waals surface area contributed by atoms with Gasteiger partial charge in [-0.2, -0.15) is 0 Å². The Bertz CT molecular complexity index is 502. The lowest BCUT2D eigenvalue weighted by molar-refractivity contribution is 0.0223. The van der Waals surface area contributed by atoms with Crippen LogP contribution in [0.5, 0.6) is 0 Å². The van der Waals surface area contributed by atoms with Gasteiger partial charge in [-0.15, -0.1) is 5.10 Å². The van der Waals surface area contributed by atoms with E-state index in [0.717, 1.165) is 31.2 Å². The lowest BCUT2D eigenvalue weighted by atomic mass is 10.3. The highest BCUT2D eigenvalue weighted by atomic mass is 16.5. The van der Waals surface area contributed by atoms with Crippen LogP contribution in [0.2, 0.25) is 0 Å². The van der Waals surface area contributed by atoms with Crippen LogP contribution in [-0.4, -0.2) is 34.3 Å². The molecule has 1 saturated heterocycles. The monoisotopic (exact) mass is 218 g/mol. The summed E-state index contributed by atoms with van der Waals surface area (Å²) in [7, 11) is 0. The van der Waals surface area contributed by atoms with Crippen LogP contribution in [0.3, 0.4) is 0 Å². The fourth-order valence-electron chi connectivity index (χ4n) is 1.87. The molecule has 0 radical (unpaired) electrons. The number of aryl methyl sites for hydroxylation is 1. The van der Waals surface area contributed by atoms with Crippen LogP contribution in [0.4, 0.5) is 0 Å². The zero-order valence-corrected chi connectivity index (χ0v) is 9.18. The van der Waals surface area contributed by atoms with E-state index in [1.807, 2.05) is 29.8 Å². The van der Waals surface area contributed by atoms with Gasteiger partial charge in [0.2, 0.25) is 0 Å². The maximum Gasteiger partial charge on any atom is 0.181 e. The summed E-state index contributed by atoms with van der Waals surface area (Å²) in [5.41, 5.74) is 2.04. The van der Waals surface area contributed by atoms with E-state index in [2.05, 4.69) is 15.4 Å². The van der Waals surface area contributed by atoms with E-state index in [-0.39, 0.29) is 6.10 Å². The number of hydrogen-bond donors (Lipinski definition) is 1. The molecule has 1 unspecified atom stereocenters. The predicted octanol–water partition coefficient (Wildman–Crippen LogP) is 0.699. The van der Waals surface area contributed by atoms with E-state index in [1.165, 1.54) is 5.56 Å². The van der Waals surface area contributed by atoms with Crippen molar-refractivity contribution >= 4 is 5.65 Å². The third-order valence-electron chi connectivity index (χ3n) is 2.71. The van der Waals surface area contributed by atoms with Gasteiger partial charge < -0.3 is 10.1 Å².